The molecule has 0 radical (unpaired) electrons. The van der Waals surface area contributed by atoms with Crippen molar-refractivity contribution >= 4 is 23.8 Å². The summed E-state index contributed by atoms with van der Waals surface area (Å²) in [4.78, 5) is 45.6. The third-order valence-corrected chi connectivity index (χ3v) is 2.30. The molecule has 114 valence electrons. The number of urea groups is 1. The Morgan fingerprint density at radius 3 is 2.35 bits per heavy atom. The maximum absolute atomic E-state index is 11.7. The van der Waals surface area contributed by atoms with Crippen LogP contribution in [0.5, 0.6) is 0 Å². The van der Waals surface area contributed by atoms with E-state index in [1.165, 1.54) is 7.05 Å². The predicted molar refractivity (Wildman–Crippen MR) is 69.7 cm³/mol. The van der Waals surface area contributed by atoms with E-state index in [0.29, 0.717) is 6.54 Å². The minimum absolute atomic E-state index is 0.214. The molecule has 4 amide bonds. The van der Waals surface area contributed by atoms with E-state index in [-0.39, 0.29) is 12.5 Å². The SMILES string of the molecule is CCCNC(=O)CN(C)C(=O)NC(CC(N)=O)C(=O)O. The molecular weight excluding hydrogens is 268 g/mol. The van der Waals surface area contributed by atoms with Crippen molar-refractivity contribution in [2.45, 2.75) is 25.8 Å². The number of primary amides is 1. The second-order valence-corrected chi connectivity index (χ2v) is 4.22. The number of amides is 4. The van der Waals surface area contributed by atoms with Gasteiger partial charge in [-0.25, -0.2) is 9.59 Å². The van der Waals surface area contributed by atoms with Gasteiger partial charge in [0.05, 0.1) is 6.42 Å². The summed E-state index contributed by atoms with van der Waals surface area (Å²) in [7, 11) is 1.34. The van der Waals surface area contributed by atoms with E-state index < -0.39 is 30.4 Å². The van der Waals surface area contributed by atoms with Crippen LogP contribution in [0.15, 0.2) is 0 Å². The lowest BCUT2D eigenvalue weighted by molar-refractivity contribution is -0.140. The molecular formula is C11H20N4O5. The first-order chi connectivity index (χ1) is 9.27. The molecule has 0 heterocycles. The number of nitrogens with zero attached hydrogens (tertiary/aromatic N) is 1. The van der Waals surface area contributed by atoms with Crippen LogP contribution in [0.4, 0.5) is 4.79 Å². The Balaban J connectivity index is 4.38. The number of likely N-dealkylation sites (N-methyl/N-ethyl adjacent to an activating group) is 1. The van der Waals surface area contributed by atoms with E-state index in [4.69, 9.17) is 10.8 Å². The summed E-state index contributed by atoms with van der Waals surface area (Å²) in [5, 5.41) is 13.5. The molecule has 0 bridgehead atoms. The zero-order chi connectivity index (χ0) is 15.7. The van der Waals surface area contributed by atoms with Crippen LogP contribution in [0.3, 0.4) is 0 Å². The minimum atomic E-state index is -1.42. The topological polar surface area (TPSA) is 142 Å². The van der Waals surface area contributed by atoms with Crippen LogP contribution in [-0.4, -0.2) is 60.0 Å². The number of hydrogen-bond donors (Lipinski definition) is 4. The van der Waals surface area contributed by atoms with Gasteiger partial charge < -0.3 is 26.4 Å². The zero-order valence-electron chi connectivity index (χ0n) is 11.5. The van der Waals surface area contributed by atoms with Gasteiger partial charge in [0.1, 0.15) is 12.6 Å². The van der Waals surface area contributed by atoms with Gasteiger partial charge in [0.25, 0.3) is 0 Å². The highest BCUT2D eigenvalue weighted by molar-refractivity contribution is 5.89. The standard InChI is InChI=1S/C11H20N4O5/c1-3-4-13-9(17)6-15(2)11(20)14-7(10(18)19)5-8(12)16/h7H,3-6H2,1-2H3,(H2,12,16)(H,13,17)(H,14,20)(H,18,19). The highest BCUT2D eigenvalue weighted by Crippen LogP contribution is 1.94. The average Bonchev–Trinajstić information content (AvgIpc) is 2.34. The molecule has 5 N–H and O–H groups in total. The molecule has 9 nitrogen and oxygen atoms in total. The maximum atomic E-state index is 11.7. The van der Waals surface area contributed by atoms with Gasteiger partial charge in [-0.2, -0.15) is 0 Å². The highest BCUT2D eigenvalue weighted by atomic mass is 16.4. The second kappa shape index (κ2) is 8.73. The van der Waals surface area contributed by atoms with Crippen LogP contribution in [0, 0.1) is 0 Å². The predicted octanol–water partition coefficient (Wildman–Crippen LogP) is -1.52. The Hall–Kier alpha value is -2.32. The van der Waals surface area contributed by atoms with Crippen molar-refractivity contribution in [3.05, 3.63) is 0 Å². The van der Waals surface area contributed by atoms with Crippen LogP contribution in [0.1, 0.15) is 19.8 Å². The normalized spacial score (nSPS) is 11.3. The first-order valence-electron chi connectivity index (χ1n) is 6.07. The van der Waals surface area contributed by atoms with E-state index in [0.717, 1.165) is 11.3 Å². The van der Waals surface area contributed by atoms with E-state index >= 15 is 0 Å². The molecule has 0 fully saturated rings. The Kier molecular flexibility index (Phi) is 7.71. The quantitative estimate of drug-likeness (QED) is 0.429. The first-order valence-corrected chi connectivity index (χ1v) is 6.07. The Labute approximate surface area is 116 Å². The third-order valence-electron chi connectivity index (χ3n) is 2.30. The molecule has 0 aliphatic heterocycles. The molecule has 0 spiro atoms. The molecule has 0 saturated heterocycles. The monoisotopic (exact) mass is 288 g/mol. The van der Waals surface area contributed by atoms with Crippen molar-refractivity contribution in [3.8, 4) is 0 Å². The molecule has 0 rings (SSSR count). The van der Waals surface area contributed by atoms with Crippen LogP contribution in [0.2, 0.25) is 0 Å². The van der Waals surface area contributed by atoms with Crippen molar-refractivity contribution in [1.82, 2.24) is 15.5 Å². The van der Waals surface area contributed by atoms with Crippen LogP contribution < -0.4 is 16.4 Å². The lowest BCUT2D eigenvalue weighted by Gasteiger charge is -2.20. The Morgan fingerprint density at radius 1 is 1.30 bits per heavy atom. The summed E-state index contributed by atoms with van der Waals surface area (Å²) < 4.78 is 0. The van der Waals surface area contributed by atoms with Crippen molar-refractivity contribution in [2.75, 3.05) is 20.1 Å². The summed E-state index contributed by atoms with van der Waals surface area (Å²) in [6.07, 6.45) is 0.248. The second-order valence-electron chi connectivity index (χ2n) is 4.22. The number of aliphatic carboxylic acids is 1. The van der Waals surface area contributed by atoms with Crippen molar-refractivity contribution in [1.29, 1.82) is 0 Å². The van der Waals surface area contributed by atoms with Crippen molar-refractivity contribution in [3.63, 3.8) is 0 Å². The number of nitrogens with one attached hydrogen (secondary N) is 2. The lowest BCUT2D eigenvalue weighted by Crippen LogP contribution is -2.50. The summed E-state index contributed by atoms with van der Waals surface area (Å²) in [5.41, 5.74) is 4.89. The van der Waals surface area contributed by atoms with Crippen LogP contribution in [0.25, 0.3) is 0 Å². The Morgan fingerprint density at radius 2 is 1.90 bits per heavy atom. The molecule has 0 aliphatic carbocycles. The number of hydrogen-bond acceptors (Lipinski definition) is 4. The number of rotatable bonds is 8. The highest BCUT2D eigenvalue weighted by Gasteiger charge is 2.24. The smallest absolute Gasteiger partial charge is 0.326 e. The number of carbonyl (C=O) groups excluding carboxylic acids is 3. The summed E-state index contributed by atoms with van der Waals surface area (Å²) in [6.45, 7) is 2.17. The van der Waals surface area contributed by atoms with Crippen molar-refractivity contribution < 1.29 is 24.3 Å². The molecule has 1 unspecified atom stereocenters. The largest absolute Gasteiger partial charge is 0.480 e. The molecule has 9 heteroatoms. The van der Waals surface area contributed by atoms with E-state index in [1.807, 2.05) is 6.92 Å². The number of carboxylic acid groups (broad SMARTS) is 1. The molecule has 0 saturated carbocycles. The summed E-state index contributed by atoms with van der Waals surface area (Å²) in [5.74, 6) is -2.58. The molecule has 1 atom stereocenters. The number of nitrogens with two attached hydrogens (primary N) is 1. The van der Waals surface area contributed by atoms with E-state index in [9.17, 15) is 19.2 Å². The Bertz CT molecular complexity index is 385. The van der Waals surface area contributed by atoms with E-state index in [2.05, 4.69) is 10.6 Å². The number of carbonyl (C=O) groups is 4. The van der Waals surface area contributed by atoms with Gasteiger partial charge in [0.15, 0.2) is 0 Å². The lowest BCUT2D eigenvalue weighted by atomic mass is 10.2. The molecule has 20 heavy (non-hydrogen) atoms. The zero-order valence-corrected chi connectivity index (χ0v) is 11.5. The van der Waals surface area contributed by atoms with Crippen molar-refractivity contribution in [2.24, 2.45) is 5.73 Å². The molecule has 0 aromatic heterocycles. The van der Waals surface area contributed by atoms with Gasteiger partial charge in [-0.05, 0) is 6.42 Å². The minimum Gasteiger partial charge on any atom is -0.480 e. The van der Waals surface area contributed by atoms with Crippen LogP contribution >= 0.6 is 0 Å². The fourth-order valence-electron chi connectivity index (χ4n) is 1.27. The molecule has 0 aliphatic rings. The molecule has 0 aromatic rings. The van der Waals surface area contributed by atoms with Gasteiger partial charge in [-0.1, -0.05) is 6.92 Å². The van der Waals surface area contributed by atoms with Gasteiger partial charge in [0, 0.05) is 13.6 Å². The van der Waals surface area contributed by atoms with Gasteiger partial charge in [-0.3, -0.25) is 9.59 Å². The third kappa shape index (κ3) is 7.19. The average molecular weight is 288 g/mol. The summed E-state index contributed by atoms with van der Waals surface area (Å²) in [6, 6.07) is -2.19. The van der Waals surface area contributed by atoms with Gasteiger partial charge in [0.2, 0.25) is 11.8 Å². The maximum Gasteiger partial charge on any atom is 0.326 e. The first kappa shape index (κ1) is 17.7. The molecule has 0 aromatic carbocycles. The fraction of sp³-hybridized carbons (Fsp3) is 0.636. The van der Waals surface area contributed by atoms with Gasteiger partial charge >= 0.3 is 12.0 Å². The van der Waals surface area contributed by atoms with E-state index in [1.54, 1.807) is 0 Å². The fourth-order valence-corrected chi connectivity index (χ4v) is 1.27. The number of carboxylic acids is 1. The van der Waals surface area contributed by atoms with Gasteiger partial charge in [-0.15, -0.1) is 0 Å². The summed E-state index contributed by atoms with van der Waals surface area (Å²) >= 11 is 0. The van der Waals surface area contributed by atoms with Crippen LogP contribution in [-0.2, 0) is 14.4 Å².